The zero-order valence-electron chi connectivity index (χ0n) is 9.97. The summed E-state index contributed by atoms with van der Waals surface area (Å²) in [6.45, 7) is 6.67. The van der Waals surface area contributed by atoms with Crippen LogP contribution in [-0.4, -0.2) is 12.1 Å². The maximum Gasteiger partial charge on any atom is 0.00695 e. The van der Waals surface area contributed by atoms with Crippen molar-refractivity contribution in [2.75, 3.05) is 0 Å². The van der Waals surface area contributed by atoms with Gasteiger partial charge in [0, 0.05) is 12.1 Å². The van der Waals surface area contributed by atoms with Crippen molar-refractivity contribution in [3.63, 3.8) is 0 Å². The van der Waals surface area contributed by atoms with Gasteiger partial charge in [-0.25, -0.2) is 0 Å². The van der Waals surface area contributed by atoms with Crippen molar-refractivity contribution in [1.82, 2.24) is 5.32 Å². The predicted octanol–water partition coefficient (Wildman–Crippen LogP) is 3.65. The summed E-state index contributed by atoms with van der Waals surface area (Å²) in [5.74, 6) is 0. The first-order chi connectivity index (χ1) is 6.68. The monoisotopic (exact) mass is 195 g/mol. The van der Waals surface area contributed by atoms with Crippen LogP contribution in [0.2, 0.25) is 0 Å². The van der Waals surface area contributed by atoms with Gasteiger partial charge in [-0.1, -0.05) is 24.5 Å². The number of hydrogen-bond acceptors (Lipinski definition) is 1. The van der Waals surface area contributed by atoms with Gasteiger partial charge < -0.3 is 5.32 Å². The Bertz CT molecular complexity index is 174. The van der Waals surface area contributed by atoms with Gasteiger partial charge in [0.15, 0.2) is 0 Å². The molecule has 0 heterocycles. The second-order valence-corrected chi connectivity index (χ2v) is 4.91. The van der Waals surface area contributed by atoms with E-state index >= 15 is 0 Å². The fourth-order valence-corrected chi connectivity index (χ4v) is 2.20. The highest BCUT2D eigenvalue weighted by Crippen LogP contribution is 2.18. The molecule has 1 rings (SSSR count). The van der Waals surface area contributed by atoms with E-state index in [2.05, 4.69) is 32.2 Å². The van der Waals surface area contributed by atoms with Gasteiger partial charge in [-0.3, -0.25) is 0 Å². The van der Waals surface area contributed by atoms with E-state index in [1.165, 1.54) is 44.1 Å². The van der Waals surface area contributed by atoms with Gasteiger partial charge in [0.25, 0.3) is 0 Å². The zero-order chi connectivity index (χ0) is 10.4. The molecule has 0 aliphatic heterocycles. The number of rotatable bonds is 5. The van der Waals surface area contributed by atoms with E-state index in [4.69, 9.17) is 0 Å². The molecule has 1 N–H and O–H groups in total. The van der Waals surface area contributed by atoms with Gasteiger partial charge in [0.2, 0.25) is 0 Å². The third-order valence-electron chi connectivity index (χ3n) is 3.03. The first kappa shape index (κ1) is 11.8. The Kier molecular flexibility index (Phi) is 5.24. The van der Waals surface area contributed by atoms with Crippen LogP contribution in [0.15, 0.2) is 11.6 Å². The second kappa shape index (κ2) is 6.23. The van der Waals surface area contributed by atoms with Crippen LogP contribution in [0, 0.1) is 0 Å². The lowest BCUT2D eigenvalue weighted by Gasteiger charge is -2.18. The average Bonchev–Trinajstić information content (AvgIpc) is 2.56. The van der Waals surface area contributed by atoms with Gasteiger partial charge in [-0.2, -0.15) is 0 Å². The lowest BCUT2D eigenvalue weighted by molar-refractivity contribution is 0.433. The lowest BCUT2D eigenvalue weighted by Crippen LogP contribution is -2.34. The highest BCUT2D eigenvalue weighted by atomic mass is 14.9. The van der Waals surface area contributed by atoms with E-state index in [0.29, 0.717) is 6.04 Å². The second-order valence-electron chi connectivity index (χ2n) is 4.91. The van der Waals surface area contributed by atoms with Crippen molar-refractivity contribution in [2.24, 2.45) is 0 Å². The Morgan fingerprint density at radius 1 is 1.36 bits per heavy atom. The SMILES string of the molecule is CC(C)=CCCC(C)NC1CCCC1. The lowest BCUT2D eigenvalue weighted by atomic mass is 10.1. The van der Waals surface area contributed by atoms with E-state index in [1.54, 1.807) is 0 Å². The molecule has 0 spiro atoms. The summed E-state index contributed by atoms with van der Waals surface area (Å²) in [5, 5.41) is 3.72. The number of nitrogens with one attached hydrogen (secondary N) is 1. The molecule has 0 saturated heterocycles. The van der Waals surface area contributed by atoms with E-state index in [1.807, 2.05) is 0 Å². The topological polar surface area (TPSA) is 12.0 Å². The third-order valence-corrected chi connectivity index (χ3v) is 3.03. The molecule has 14 heavy (non-hydrogen) atoms. The van der Waals surface area contributed by atoms with Crippen molar-refractivity contribution in [3.8, 4) is 0 Å². The first-order valence-electron chi connectivity index (χ1n) is 6.08. The largest absolute Gasteiger partial charge is 0.311 e. The van der Waals surface area contributed by atoms with Crippen LogP contribution < -0.4 is 5.32 Å². The molecule has 0 amide bonds. The molecule has 1 saturated carbocycles. The molecule has 1 aliphatic carbocycles. The van der Waals surface area contributed by atoms with Crippen molar-refractivity contribution in [2.45, 2.75) is 71.4 Å². The highest BCUT2D eigenvalue weighted by molar-refractivity contribution is 4.93. The molecule has 1 nitrogen and oxygen atoms in total. The Labute approximate surface area is 89.0 Å². The van der Waals surface area contributed by atoms with Crippen LogP contribution in [0.1, 0.15) is 59.3 Å². The highest BCUT2D eigenvalue weighted by Gasteiger charge is 2.15. The normalized spacial score (nSPS) is 19.6. The fraction of sp³-hybridized carbons (Fsp3) is 0.846. The van der Waals surface area contributed by atoms with Gasteiger partial charge in [0.05, 0.1) is 0 Å². The van der Waals surface area contributed by atoms with Crippen LogP contribution in [-0.2, 0) is 0 Å². The molecule has 1 unspecified atom stereocenters. The Balaban J connectivity index is 2.09. The summed E-state index contributed by atoms with van der Waals surface area (Å²) in [6.07, 6.45) is 10.5. The van der Waals surface area contributed by atoms with E-state index < -0.39 is 0 Å². The molecule has 1 heteroatoms. The summed E-state index contributed by atoms with van der Waals surface area (Å²) in [4.78, 5) is 0. The summed E-state index contributed by atoms with van der Waals surface area (Å²) >= 11 is 0. The minimum absolute atomic E-state index is 0.689. The van der Waals surface area contributed by atoms with Gasteiger partial charge in [-0.15, -0.1) is 0 Å². The summed E-state index contributed by atoms with van der Waals surface area (Å²) in [6, 6.07) is 1.51. The number of hydrogen-bond donors (Lipinski definition) is 1. The minimum atomic E-state index is 0.689. The molecule has 0 aromatic rings. The quantitative estimate of drug-likeness (QED) is 0.660. The van der Waals surface area contributed by atoms with E-state index in [0.717, 1.165) is 6.04 Å². The van der Waals surface area contributed by atoms with Crippen molar-refractivity contribution < 1.29 is 0 Å². The van der Waals surface area contributed by atoms with Gasteiger partial charge >= 0.3 is 0 Å². The Morgan fingerprint density at radius 2 is 2.00 bits per heavy atom. The third kappa shape index (κ3) is 4.80. The molecule has 0 bridgehead atoms. The molecule has 1 fully saturated rings. The van der Waals surface area contributed by atoms with Crippen LogP contribution in [0.4, 0.5) is 0 Å². The molecule has 1 aliphatic rings. The maximum absolute atomic E-state index is 3.72. The van der Waals surface area contributed by atoms with Crippen molar-refractivity contribution in [3.05, 3.63) is 11.6 Å². The summed E-state index contributed by atoms with van der Waals surface area (Å²) in [5.41, 5.74) is 1.44. The molecule has 0 aromatic carbocycles. The smallest absolute Gasteiger partial charge is 0.00695 e. The molecule has 82 valence electrons. The Morgan fingerprint density at radius 3 is 2.57 bits per heavy atom. The maximum atomic E-state index is 3.72. The van der Waals surface area contributed by atoms with Crippen LogP contribution in [0.25, 0.3) is 0 Å². The first-order valence-corrected chi connectivity index (χ1v) is 6.08. The summed E-state index contributed by atoms with van der Waals surface area (Å²) in [7, 11) is 0. The summed E-state index contributed by atoms with van der Waals surface area (Å²) < 4.78 is 0. The van der Waals surface area contributed by atoms with E-state index in [9.17, 15) is 0 Å². The van der Waals surface area contributed by atoms with Gasteiger partial charge in [-0.05, 0) is 46.5 Å². The van der Waals surface area contributed by atoms with Crippen LogP contribution in [0.3, 0.4) is 0 Å². The molecular formula is C13H25N. The van der Waals surface area contributed by atoms with Crippen molar-refractivity contribution in [1.29, 1.82) is 0 Å². The average molecular weight is 195 g/mol. The molecule has 1 atom stereocenters. The minimum Gasteiger partial charge on any atom is -0.311 e. The van der Waals surface area contributed by atoms with Crippen molar-refractivity contribution >= 4 is 0 Å². The van der Waals surface area contributed by atoms with E-state index in [-0.39, 0.29) is 0 Å². The predicted molar refractivity (Wildman–Crippen MR) is 63.5 cm³/mol. The molecular weight excluding hydrogens is 170 g/mol. The van der Waals surface area contributed by atoms with Gasteiger partial charge in [0.1, 0.15) is 0 Å². The fourth-order valence-electron chi connectivity index (χ4n) is 2.20. The van der Waals surface area contributed by atoms with Crippen LogP contribution in [0.5, 0.6) is 0 Å². The van der Waals surface area contributed by atoms with Crippen LogP contribution >= 0.6 is 0 Å². The Hall–Kier alpha value is -0.300. The standard InChI is InChI=1S/C13H25N/c1-11(2)7-6-8-12(3)14-13-9-4-5-10-13/h7,12-14H,4-6,8-10H2,1-3H3. The molecule has 0 aromatic heterocycles. The molecule has 0 radical (unpaired) electrons. The zero-order valence-corrected chi connectivity index (χ0v) is 9.97. The number of allylic oxidation sites excluding steroid dienone is 2.